The van der Waals surface area contributed by atoms with Crippen LogP contribution in [0.4, 0.5) is 11.5 Å². The van der Waals surface area contributed by atoms with Crippen LogP contribution in [0.5, 0.6) is 0 Å². The Kier molecular flexibility index (Phi) is 9.87. The van der Waals surface area contributed by atoms with Crippen LogP contribution in [0, 0.1) is 31.1 Å². The summed E-state index contributed by atoms with van der Waals surface area (Å²) in [4.78, 5) is 43.5. The van der Waals surface area contributed by atoms with E-state index >= 15 is 0 Å². The van der Waals surface area contributed by atoms with Gasteiger partial charge in [0.25, 0.3) is 5.56 Å². The molecule has 6 aromatic rings. The highest BCUT2D eigenvalue weighted by atomic mass is 16.4. The van der Waals surface area contributed by atoms with Gasteiger partial charge in [0.1, 0.15) is 17.1 Å². The number of likely N-dealkylation sites (tertiary alicyclic amines) is 2. The number of aromatic nitrogens is 4. The van der Waals surface area contributed by atoms with Crippen molar-refractivity contribution in [3.63, 3.8) is 0 Å². The lowest BCUT2D eigenvalue weighted by Gasteiger charge is -2.30. The summed E-state index contributed by atoms with van der Waals surface area (Å²) in [6.07, 6.45) is 6.86. The quantitative estimate of drug-likeness (QED) is 0.153. The summed E-state index contributed by atoms with van der Waals surface area (Å²) in [5.74, 6) is -0.182. The summed E-state index contributed by atoms with van der Waals surface area (Å²) >= 11 is 0. The fourth-order valence-corrected chi connectivity index (χ4v) is 7.92. The molecule has 2 saturated heterocycles. The fourth-order valence-electron chi connectivity index (χ4n) is 7.92. The van der Waals surface area contributed by atoms with Gasteiger partial charge in [0.15, 0.2) is 16.9 Å². The smallest absolute Gasteiger partial charge is 0.306 e. The molecule has 2 aliphatic rings. The molecule has 0 bridgehead atoms. The van der Waals surface area contributed by atoms with Crippen molar-refractivity contribution in [2.75, 3.05) is 38.0 Å². The van der Waals surface area contributed by atoms with E-state index in [4.69, 9.17) is 9.40 Å². The number of aliphatic carboxylic acids is 1. The van der Waals surface area contributed by atoms with E-state index in [1.54, 1.807) is 6.20 Å². The summed E-state index contributed by atoms with van der Waals surface area (Å²) in [6.45, 7) is 8.53. The van der Waals surface area contributed by atoms with Gasteiger partial charge in [-0.1, -0.05) is 24.3 Å². The number of nitrogens with one attached hydrogen (secondary N) is 1. The zero-order chi connectivity index (χ0) is 38.2. The largest absolute Gasteiger partial charge is 0.481 e. The van der Waals surface area contributed by atoms with Crippen molar-refractivity contribution in [1.29, 1.82) is 5.26 Å². The minimum absolute atomic E-state index is 0.101. The first-order valence-electron chi connectivity index (χ1n) is 18.7. The van der Waals surface area contributed by atoms with Crippen LogP contribution in [0.1, 0.15) is 41.5 Å². The molecule has 4 aromatic heterocycles. The number of pyridine rings is 3. The number of aliphatic hydroxyl groups is 1. The van der Waals surface area contributed by atoms with Crippen molar-refractivity contribution in [3.8, 4) is 28.7 Å². The maximum Gasteiger partial charge on any atom is 0.306 e. The minimum atomic E-state index is -0.763. The van der Waals surface area contributed by atoms with E-state index in [0.29, 0.717) is 56.9 Å². The van der Waals surface area contributed by atoms with Crippen molar-refractivity contribution in [2.45, 2.75) is 52.3 Å². The number of carboxylic acid groups (broad SMARTS) is 1. The molecule has 6 heterocycles. The molecular weight excluding hydrogens is 697 g/mol. The highest BCUT2D eigenvalue weighted by Crippen LogP contribution is 2.37. The summed E-state index contributed by atoms with van der Waals surface area (Å²) in [7, 11) is 0. The molecule has 2 aliphatic heterocycles. The molecule has 8 rings (SSSR count). The molecule has 0 spiro atoms. The van der Waals surface area contributed by atoms with E-state index < -0.39 is 5.97 Å². The molecule has 280 valence electrons. The van der Waals surface area contributed by atoms with Crippen LogP contribution < -0.4 is 10.9 Å². The molecule has 0 amide bonds. The van der Waals surface area contributed by atoms with Gasteiger partial charge in [-0.15, -0.1) is 0 Å². The Labute approximate surface area is 317 Å². The van der Waals surface area contributed by atoms with Gasteiger partial charge in [-0.2, -0.15) is 5.26 Å². The van der Waals surface area contributed by atoms with Gasteiger partial charge in [0.2, 0.25) is 5.89 Å². The number of nitriles is 1. The lowest BCUT2D eigenvalue weighted by atomic mass is 9.93. The SMILES string of the molecule is Cc1c(Nc2nccc3cc(CN4CC[C@@H](O)C4)cnc23)cccc1-c1cccc(-c2nc3c(=O)n(CCN4CCC(C(=O)O)CC4)cc(C#N)c3o2)c1C. The number of piperidine rings is 1. The van der Waals surface area contributed by atoms with Gasteiger partial charge in [-0.05, 0) is 98.3 Å². The molecule has 0 unspecified atom stereocenters. The molecule has 2 fully saturated rings. The first-order chi connectivity index (χ1) is 26.7. The molecule has 2 aromatic carbocycles. The lowest BCUT2D eigenvalue weighted by Crippen LogP contribution is -2.39. The van der Waals surface area contributed by atoms with E-state index in [0.717, 1.165) is 63.9 Å². The zero-order valence-electron chi connectivity index (χ0n) is 30.8. The monoisotopic (exact) mass is 738 g/mol. The van der Waals surface area contributed by atoms with Crippen molar-refractivity contribution >= 4 is 39.5 Å². The molecule has 0 aliphatic carbocycles. The third-order valence-electron chi connectivity index (χ3n) is 11.1. The summed E-state index contributed by atoms with van der Waals surface area (Å²) in [5, 5.41) is 33.8. The second-order valence-corrected chi connectivity index (χ2v) is 14.6. The predicted octanol–water partition coefficient (Wildman–Crippen LogP) is 5.86. The van der Waals surface area contributed by atoms with Crippen LogP contribution in [-0.2, 0) is 17.9 Å². The van der Waals surface area contributed by atoms with Crippen LogP contribution >= 0.6 is 0 Å². The van der Waals surface area contributed by atoms with E-state index in [2.05, 4.69) is 50.2 Å². The number of oxazole rings is 1. The van der Waals surface area contributed by atoms with E-state index in [9.17, 15) is 25.1 Å². The standard InChI is InChI=1S/C42H42N8O5/c1-25-32(33-6-4-8-35(26(33)2)46-39-36-29(9-13-44-39)19-27(21-45-36)22-49-16-12-31(51)24-49)5-3-7-34(25)40-47-37-38(55-40)30(20-43)23-50(41(37)52)18-17-48-14-10-28(11-15-48)42(53)54/h3-9,13,19,21,23,28,31,51H,10-12,14-18,22,24H2,1-2H3,(H,44,46)(H,53,54)/t31-/m1/s1. The van der Waals surface area contributed by atoms with Gasteiger partial charge in [0, 0.05) is 68.0 Å². The van der Waals surface area contributed by atoms with Gasteiger partial charge in [0.05, 0.1) is 12.0 Å². The molecule has 0 radical (unpaired) electrons. The second-order valence-electron chi connectivity index (χ2n) is 14.6. The Bertz CT molecular complexity index is 2530. The van der Waals surface area contributed by atoms with Gasteiger partial charge in [-0.25, -0.2) is 9.97 Å². The molecule has 13 nitrogen and oxygen atoms in total. The van der Waals surface area contributed by atoms with E-state index in [1.807, 2.05) is 49.5 Å². The Morgan fingerprint density at radius 2 is 1.71 bits per heavy atom. The van der Waals surface area contributed by atoms with Gasteiger partial charge < -0.3 is 29.4 Å². The zero-order valence-corrected chi connectivity index (χ0v) is 30.8. The Balaban J connectivity index is 1.05. The number of aliphatic hydroxyl groups excluding tert-OH is 1. The van der Waals surface area contributed by atoms with Crippen molar-refractivity contribution in [3.05, 3.63) is 99.7 Å². The summed E-state index contributed by atoms with van der Waals surface area (Å²) in [6, 6.07) is 18.2. The third kappa shape index (κ3) is 7.19. The topological polar surface area (TPSA) is 174 Å². The first-order valence-corrected chi connectivity index (χ1v) is 18.7. The number of carbonyl (C=O) groups is 1. The number of nitrogens with zero attached hydrogens (tertiary/aromatic N) is 7. The molecule has 3 N–H and O–H groups in total. The number of β-amino-alcohol motifs (C(OH)–C–C–N with tert-alkyl or cyclic N) is 1. The Morgan fingerprint density at radius 1 is 0.964 bits per heavy atom. The molecule has 1 atom stereocenters. The third-order valence-corrected chi connectivity index (χ3v) is 11.1. The average Bonchev–Trinajstić information content (AvgIpc) is 3.82. The highest BCUT2D eigenvalue weighted by Gasteiger charge is 2.25. The number of fused-ring (bicyclic) bond motifs is 2. The summed E-state index contributed by atoms with van der Waals surface area (Å²) < 4.78 is 7.68. The first kappa shape index (κ1) is 36.1. The number of benzene rings is 2. The van der Waals surface area contributed by atoms with Crippen LogP contribution in [-0.4, -0.2) is 84.3 Å². The minimum Gasteiger partial charge on any atom is -0.481 e. The number of hydrogen-bond acceptors (Lipinski definition) is 11. The maximum absolute atomic E-state index is 13.6. The highest BCUT2D eigenvalue weighted by molar-refractivity contribution is 5.91. The normalized spacial score (nSPS) is 16.9. The molecule has 0 saturated carbocycles. The van der Waals surface area contributed by atoms with Crippen molar-refractivity contribution < 1.29 is 19.4 Å². The second kappa shape index (κ2) is 15.1. The Morgan fingerprint density at radius 3 is 2.45 bits per heavy atom. The van der Waals surface area contributed by atoms with Crippen LogP contribution in [0.15, 0.2) is 76.3 Å². The van der Waals surface area contributed by atoms with Gasteiger partial charge in [-0.3, -0.25) is 19.5 Å². The maximum atomic E-state index is 13.6. The van der Waals surface area contributed by atoms with E-state index in [1.165, 1.54) is 10.8 Å². The van der Waals surface area contributed by atoms with E-state index in [-0.39, 0.29) is 40.1 Å². The van der Waals surface area contributed by atoms with Crippen LogP contribution in [0.2, 0.25) is 0 Å². The molecule has 13 heteroatoms. The van der Waals surface area contributed by atoms with Crippen molar-refractivity contribution in [2.24, 2.45) is 5.92 Å². The van der Waals surface area contributed by atoms with Crippen molar-refractivity contribution in [1.82, 2.24) is 29.3 Å². The van der Waals surface area contributed by atoms with Crippen LogP contribution in [0.3, 0.4) is 0 Å². The predicted molar refractivity (Wildman–Crippen MR) is 209 cm³/mol. The number of carboxylic acids is 1. The fraction of sp³-hybridized carbons (Fsp3) is 0.333. The van der Waals surface area contributed by atoms with Crippen LogP contribution in [0.25, 0.3) is 44.6 Å². The summed E-state index contributed by atoms with van der Waals surface area (Å²) in [5.41, 5.74) is 7.46. The number of anilines is 2. The molecule has 55 heavy (non-hydrogen) atoms. The Hall–Kier alpha value is -5.94. The number of rotatable bonds is 10. The molecular formula is C42H42N8O5. The van der Waals surface area contributed by atoms with Gasteiger partial charge >= 0.3 is 5.97 Å². The number of hydrogen-bond donors (Lipinski definition) is 3. The lowest BCUT2D eigenvalue weighted by molar-refractivity contribution is -0.143. The average molecular weight is 739 g/mol.